The molecule has 1 N–H and O–H groups in total. The molecule has 0 aromatic rings. The van der Waals surface area contributed by atoms with Crippen LogP contribution in [-0.2, 0) is 23.9 Å². The Morgan fingerprint density at radius 1 is 1.44 bits per heavy atom. The molecule has 1 amide bonds. The van der Waals surface area contributed by atoms with E-state index in [9.17, 15) is 14.4 Å². The molecule has 0 spiro atoms. The third-order valence-corrected chi connectivity index (χ3v) is 3.04. The largest absolute Gasteiger partial charge is 0.467 e. The summed E-state index contributed by atoms with van der Waals surface area (Å²) in [7, 11) is 2.67. The predicted octanol–water partition coefficient (Wildman–Crippen LogP) is 0.0499. The van der Waals surface area contributed by atoms with Crippen LogP contribution in [-0.4, -0.2) is 44.5 Å². The van der Waals surface area contributed by atoms with Gasteiger partial charge in [-0.3, -0.25) is 9.59 Å². The third-order valence-electron chi connectivity index (χ3n) is 3.04. The zero-order chi connectivity index (χ0) is 13.5. The molecule has 0 aliphatic heterocycles. The molecule has 1 saturated carbocycles. The van der Waals surface area contributed by atoms with Gasteiger partial charge in [0.2, 0.25) is 5.91 Å². The molecule has 0 radical (unpaired) electrons. The Hall–Kier alpha value is -1.43. The molecule has 0 unspecified atom stereocenters. The molecule has 0 heterocycles. The van der Waals surface area contributed by atoms with E-state index < -0.39 is 12.0 Å². The van der Waals surface area contributed by atoms with E-state index in [0.717, 1.165) is 12.8 Å². The first-order valence-corrected chi connectivity index (χ1v) is 5.96. The Morgan fingerprint density at radius 2 is 2.17 bits per heavy atom. The van der Waals surface area contributed by atoms with Gasteiger partial charge in [-0.15, -0.1) is 0 Å². The van der Waals surface area contributed by atoms with Crippen molar-refractivity contribution < 1.29 is 23.9 Å². The SMILES string of the molecule is COCC(=O)N[C@@H](C(=O)OC)[C@H]1CCCC(=O)C1. The van der Waals surface area contributed by atoms with Gasteiger partial charge in [0, 0.05) is 20.0 Å². The minimum Gasteiger partial charge on any atom is -0.467 e. The molecule has 1 fully saturated rings. The first-order valence-electron chi connectivity index (χ1n) is 5.96. The molecule has 0 aromatic carbocycles. The zero-order valence-corrected chi connectivity index (χ0v) is 10.7. The summed E-state index contributed by atoms with van der Waals surface area (Å²) in [5.74, 6) is -0.953. The summed E-state index contributed by atoms with van der Waals surface area (Å²) in [6.07, 6.45) is 2.35. The highest BCUT2D eigenvalue weighted by molar-refractivity contribution is 5.86. The number of carbonyl (C=O) groups excluding carboxylic acids is 3. The smallest absolute Gasteiger partial charge is 0.328 e. The predicted molar refractivity (Wildman–Crippen MR) is 62.8 cm³/mol. The lowest BCUT2D eigenvalue weighted by atomic mass is 9.83. The number of Topliss-reactive ketones (excluding diaryl/α,β-unsaturated/α-hetero) is 1. The van der Waals surface area contributed by atoms with Crippen molar-refractivity contribution in [2.45, 2.75) is 31.7 Å². The second-order valence-electron chi connectivity index (χ2n) is 4.40. The molecule has 18 heavy (non-hydrogen) atoms. The van der Waals surface area contributed by atoms with Crippen LogP contribution < -0.4 is 5.32 Å². The normalized spacial score (nSPS) is 21.2. The van der Waals surface area contributed by atoms with Crippen LogP contribution in [0.2, 0.25) is 0 Å². The number of nitrogens with one attached hydrogen (secondary N) is 1. The first-order chi connectivity index (χ1) is 8.58. The summed E-state index contributed by atoms with van der Waals surface area (Å²) in [5, 5.41) is 2.57. The van der Waals surface area contributed by atoms with Crippen LogP contribution in [0.25, 0.3) is 0 Å². The molecular weight excluding hydrogens is 238 g/mol. The summed E-state index contributed by atoms with van der Waals surface area (Å²) >= 11 is 0. The highest BCUT2D eigenvalue weighted by atomic mass is 16.5. The summed E-state index contributed by atoms with van der Waals surface area (Å²) in [6.45, 7) is -0.117. The molecule has 6 nitrogen and oxygen atoms in total. The van der Waals surface area contributed by atoms with Gasteiger partial charge in [-0.1, -0.05) is 0 Å². The third kappa shape index (κ3) is 4.10. The van der Waals surface area contributed by atoms with E-state index in [1.165, 1.54) is 14.2 Å². The molecular formula is C12H19NO5. The van der Waals surface area contributed by atoms with Crippen LogP contribution in [0.4, 0.5) is 0 Å². The molecule has 6 heteroatoms. The molecule has 2 atom stereocenters. The Bertz CT molecular complexity index is 328. The Morgan fingerprint density at radius 3 is 2.72 bits per heavy atom. The van der Waals surface area contributed by atoms with Crippen molar-refractivity contribution >= 4 is 17.7 Å². The van der Waals surface area contributed by atoms with Gasteiger partial charge in [0.05, 0.1) is 7.11 Å². The van der Waals surface area contributed by atoms with Crippen molar-refractivity contribution in [1.29, 1.82) is 0 Å². The molecule has 102 valence electrons. The Labute approximate surface area is 106 Å². The van der Waals surface area contributed by atoms with Crippen molar-refractivity contribution in [2.75, 3.05) is 20.8 Å². The molecule has 0 aromatic heterocycles. The van der Waals surface area contributed by atoms with Gasteiger partial charge in [-0.25, -0.2) is 4.79 Å². The van der Waals surface area contributed by atoms with Crippen molar-refractivity contribution in [3.8, 4) is 0 Å². The van der Waals surface area contributed by atoms with Gasteiger partial charge in [-0.2, -0.15) is 0 Å². The number of methoxy groups -OCH3 is 2. The average Bonchev–Trinajstić information content (AvgIpc) is 2.35. The zero-order valence-electron chi connectivity index (χ0n) is 10.7. The van der Waals surface area contributed by atoms with Gasteiger partial charge in [-0.05, 0) is 18.8 Å². The fourth-order valence-electron chi connectivity index (χ4n) is 2.18. The minimum atomic E-state index is -0.762. The van der Waals surface area contributed by atoms with Gasteiger partial charge >= 0.3 is 5.97 Å². The number of amides is 1. The molecule has 0 saturated heterocycles. The van der Waals surface area contributed by atoms with Gasteiger partial charge in [0.25, 0.3) is 0 Å². The number of ketones is 1. The van der Waals surface area contributed by atoms with E-state index in [1.54, 1.807) is 0 Å². The quantitative estimate of drug-likeness (QED) is 0.704. The highest BCUT2D eigenvalue weighted by Crippen LogP contribution is 2.25. The molecule has 1 rings (SSSR count). The van der Waals surface area contributed by atoms with Crippen molar-refractivity contribution in [3.05, 3.63) is 0 Å². The lowest BCUT2D eigenvalue weighted by Gasteiger charge is -2.28. The number of hydrogen-bond donors (Lipinski definition) is 1. The number of rotatable bonds is 5. The first kappa shape index (κ1) is 14.6. The van der Waals surface area contributed by atoms with Crippen LogP contribution in [0.3, 0.4) is 0 Å². The average molecular weight is 257 g/mol. The fraction of sp³-hybridized carbons (Fsp3) is 0.750. The second-order valence-corrected chi connectivity index (χ2v) is 4.40. The van der Waals surface area contributed by atoms with E-state index >= 15 is 0 Å². The topological polar surface area (TPSA) is 81.7 Å². The van der Waals surface area contributed by atoms with E-state index in [2.05, 4.69) is 10.1 Å². The Balaban J connectivity index is 2.68. The van der Waals surface area contributed by atoms with E-state index in [0.29, 0.717) is 12.8 Å². The highest BCUT2D eigenvalue weighted by Gasteiger charge is 2.33. The van der Waals surface area contributed by atoms with Gasteiger partial charge < -0.3 is 14.8 Å². The maximum Gasteiger partial charge on any atom is 0.328 e. The summed E-state index contributed by atoms with van der Waals surface area (Å²) < 4.78 is 9.37. The standard InChI is InChI=1S/C12H19NO5/c1-17-7-10(15)13-11(12(16)18-2)8-4-3-5-9(14)6-8/h8,11H,3-7H2,1-2H3,(H,13,15)/t8-,11+/m0/s1. The lowest BCUT2D eigenvalue weighted by Crippen LogP contribution is -2.48. The number of hydrogen-bond acceptors (Lipinski definition) is 5. The maximum absolute atomic E-state index is 11.7. The van der Waals surface area contributed by atoms with E-state index in [4.69, 9.17) is 4.74 Å². The number of carbonyl (C=O) groups is 3. The van der Waals surface area contributed by atoms with Crippen molar-refractivity contribution in [1.82, 2.24) is 5.32 Å². The maximum atomic E-state index is 11.7. The van der Waals surface area contributed by atoms with E-state index in [-0.39, 0.29) is 24.2 Å². The summed E-state index contributed by atoms with van der Waals surface area (Å²) in [4.78, 5) is 34.5. The van der Waals surface area contributed by atoms with Crippen LogP contribution in [0, 0.1) is 5.92 Å². The Kier molecular flexibility index (Phi) is 5.77. The van der Waals surface area contributed by atoms with Gasteiger partial charge in [0.15, 0.2) is 0 Å². The van der Waals surface area contributed by atoms with Crippen molar-refractivity contribution in [2.24, 2.45) is 5.92 Å². The van der Waals surface area contributed by atoms with Crippen LogP contribution in [0.15, 0.2) is 0 Å². The lowest BCUT2D eigenvalue weighted by molar-refractivity contribution is -0.148. The number of ether oxygens (including phenoxy) is 2. The summed E-state index contributed by atoms with van der Waals surface area (Å²) in [5.41, 5.74) is 0. The van der Waals surface area contributed by atoms with Crippen LogP contribution in [0.5, 0.6) is 0 Å². The molecule has 1 aliphatic rings. The van der Waals surface area contributed by atoms with Crippen molar-refractivity contribution in [3.63, 3.8) is 0 Å². The van der Waals surface area contributed by atoms with Gasteiger partial charge in [0.1, 0.15) is 18.4 Å². The summed E-state index contributed by atoms with van der Waals surface area (Å²) in [6, 6.07) is -0.762. The monoisotopic (exact) mass is 257 g/mol. The van der Waals surface area contributed by atoms with Crippen LogP contribution >= 0.6 is 0 Å². The fourth-order valence-corrected chi connectivity index (χ4v) is 2.18. The minimum absolute atomic E-state index is 0.117. The van der Waals surface area contributed by atoms with Crippen LogP contribution in [0.1, 0.15) is 25.7 Å². The van der Waals surface area contributed by atoms with E-state index in [1.807, 2.05) is 0 Å². The molecule has 0 bridgehead atoms. The molecule has 1 aliphatic carbocycles. The number of esters is 1. The second kappa shape index (κ2) is 7.10.